The van der Waals surface area contributed by atoms with E-state index in [1.54, 1.807) is 0 Å². The Morgan fingerprint density at radius 1 is 1.08 bits per heavy atom. The van der Waals surface area contributed by atoms with Crippen molar-refractivity contribution in [3.63, 3.8) is 0 Å². The molecule has 1 rings (SSSR count). The number of hydrogen-bond acceptors (Lipinski definition) is 0. The SMILES string of the molecule is CC(C)C(Cl)c1cc(F)cc(F)c1. The molecule has 1 atom stereocenters. The molecular weight excluding hydrogens is 194 g/mol. The molecule has 1 aromatic carbocycles. The van der Waals surface area contributed by atoms with Crippen LogP contribution in [0.5, 0.6) is 0 Å². The molecule has 0 heterocycles. The zero-order chi connectivity index (χ0) is 10.0. The van der Waals surface area contributed by atoms with Gasteiger partial charge in [-0.25, -0.2) is 8.78 Å². The van der Waals surface area contributed by atoms with Gasteiger partial charge in [0.2, 0.25) is 0 Å². The molecule has 0 nitrogen and oxygen atoms in total. The Hall–Kier alpha value is -0.630. The summed E-state index contributed by atoms with van der Waals surface area (Å²) < 4.78 is 25.5. The first kappa shape index (κ1) is 10.5. The van der Waals surface area contributed by atoms with Crippen LogP contribution in [0.4, 0.5) is 8.78 Å². The number of rotatable bonds is 2. The number of hydrogen-bond donors (Lipinski definition) is 0. The van der Waals surface area contributed by atoms with Crippen molar-refractivity contribution in [2.45, 2.75) is 19.2 Å². The molecule has 72 valence electrons. The van der Waals surface area contributed by atoms with Gasteiger partial charge in [0.25, 0.3) is 0 Å². The van der Waals surface area contributed by atoms with Gasteiger partial charge in [-0.15, -0.1) is 11.6 Å². The molecule has 0 amide bonds. The first-order valence-corrected chi connectivity index (χ1v) is 4.54. The molecule has 0 spiro atoms. The Labute approximate surface area is 81.5 Å². The molecule has 0 saturated heterocycles. The number of benzene rings is 1. The van der Waals surface area contributed by atoms with Crippen molar-refractivity contribution in [2.24, 2.45) is 5.92 Å². The normalized spacial score (nSPS) is 13.4. The van der Waals surface area contributed by atoms with Crippen molar-refractivity contribution in [2.75, 3.05) is 0 Å². The molecule has 0 aromatic heterocycles. The first-order chi connectivity index (χ1) is 6.00. The predicted octanol–water partition coefficient (Wildman–Crippen LogP) is 3.90. The summed E-state index contributed by atoms with van der Waals surface area (Å²) in [5.74, 6) is -1.01. The smallest absolute Gasteiger partial charge is 0.126 e. The molecule has 0 saturated carbocycles. The average molecular weight is 205 g/mol. The Bertz CT molecular complexity index is 277. The monoisotopic (exact) mass is 204 g/mol. The summed E-state index contributed by atoms with van der Waals surface area (Å²) in [5, 5.41) is -0.342. The van der Waals surface area contributed by atoms with E-state index in [-0.39, 0.29) is 11.3 Å². The van der Waals surface area contributed by atoms with E-state index in [1.807, 2.05) is 13.8 Å². The summed E-state index contributed by atoms with van der Waals surface area (Å²) in [6.07, 6.45) is 0. The van der Waals surface area contributed by atoms with E-state index < -0.39 is 11.6 Å². The maximum atomic E-state index is 12.8. The van der Waals surface area contributed by atoms with E-state index in [0.29, 0.717) is 5.56 Å². The fraction of sp³-hybridized carbons (Fsp3) is 0.400. The van der Waals surface area contributed by atoms with Crippen LogP contribution in [0.1, 0.15) is 24.8 Å². The van der Waals surface area contributed by atoms with Crippen molar-refractivity contribution in [1.82, 2.24) is 0 Å². The maximum absolute atomic E-state index is 12.8. The van der Waals surface area contributed by atoms with Crippen LogP contribution in [0.15, 0.2) is 18.2 Å². The van der Waals surface area contributed by atoms with E-state index in [9.17, 15) is 8.78 Å². The Kier molecular flexibility index (Phi) is 3.26. The standard InChI is InChI=1S/C10H11ClF2/c1-6(2)10(11)7-3-8(12)5-9(13)4-7/h3-6,10H,1-2H3. The van der Waals surface area contributed by atoms with E-state index in [1.165, 1.54) is 12.1 Å². The van der Waals surface area contributed by atoms with Crippen molar-refractivity contribution >= 4 is 11.6 Å². The van der Waals surface area contributed by atoms with Gasteiger partial charge in [0.1, 0.15) is 11.6 Å². The lowest BCUT2D eigenvalue weighted by atomic mass is 10.0. The summed E-state index contributed by atoms with van der Waals surface area (Å²) in [6, 6.07) is 3.37. The van der Waals surface area contributed by atoms with Crippen LogP contribution in [0.3, 0.4) is 0 Å². The number of halogens is 3. The second-order valence-corrected chi connectivity index (χ2v) is 3.82. The van der Waals surface area contributed by atoms with Gasteiger partial charge in [0.05, 0.1) is 5.38 Å². The van der Waals surface area contributed by atoms with Crippen LogP contribution in [-0.4, -0.2) is 0 Å². The predicted molar refractivity (Wildman–Crippen MR) is 49.8 cm³/mol. The molecule has 1 aromatic rings. The molecule has 0 aliphatic heterocycles. The molecule has 0 fully saturated rings. The van der Waals surface area contributed by atoms with Gasteiger partial charge < -0.3 is 0 Å². The zero-order valence-corrected chi connectivity index (χ0v) is 8.28. The highest BCUT2D eigenvalue weighted by Gasteiger charge is 2.13. The molecule has 0 aliphatic rings. The molecule has 0 radical (unpaired) electrons. The van der Waals surface area contributed by atoms with Gasteiger partial charge in [-0.3, -0.25) is 0 Å². The lowest BCUT2D eigenvalue weighted by Gasteiger charge is -2.13. The van der Waals surface area contributed by atoms with Crippen molar-refractivity contribution < 1.29 is 8.78 Å². The van der Waals surface area contributed by atoms with Crippen LogP contribution in [0.25, 0.3) is 0 Å². The van der Waals surface area contributed by atoms with E-state index in [4.69, 9.17) is 11.6 Å². The Morgan fingerprint density at radius 2 is 1.54 bits per heavy atom. The highest BCUT2D eigenvalue weighted by atomic mass is 35.5. The Balaban J connectivity index is 3.01. The van der Waals surface area contributed by atoms with Crippen molar-refractivity contribution in [1.29, 1.82) is 0 Å². The molecule has 3 heteroatoms. The van der Waals surface area contributed by atoms with Crippen LogP contribution in [0, 0.1) is 17.6 Å². The third-order valence-electron chi connectivity index (χ3n) is 1.79. The van der Waals surface area contributed by atoms with Gasteiger partial charge in [-0.1, -0.05) is 13.8 Å². The van der Waals surface area contributed by atoms with Gasteiger partial charge in [-0.05, 0) is 23.6 Å². The van der Waals surface area contributed by atoms with Gasteiger partial charge >= 0.3 is 0 Å². The summed E-state index contributed by atoms with van der Waals surface area (Å²) in [6.45, 7) is 3.81. The topological polar surface area (TPSA) is 0 Å². The van der Waals surface area contributed by atoms with Gasteiger partial charge in [0.15, 0.2) is 0 Å². The molecular formula is C10H11ClF2. The third-order valence-corrected chi connectivity index (χ3v) is 2.54. The summed E-state index contributed by atoms with van der Waals surface area (Å²) in [5.41, 5.74) is 0.495. The lowest BCUT2D eigenvalue weighted by molar-refractivity contribution is 0.567. The second-order valence-electron chi connectivity index (χ2n) is 3.35. The second kappa shape index (κ2) is 4.05. The third kappa shape index (κ3) is 2.66. The van der Waals surface area contributed by atoms with Crippen LogP contribution < -0.4 is 0 Å². The number of alkyl halides is 1. The quantitative estimate of drug-likeness (QED) is 0.641. The lowest BCUT2D eigenvalue weighted by Crippen LogP contribution is -2.00. The van der Waals surface area contributed by atoms with Crippen molar-refractivity contribution in [3.8, 4) is 0 Å². The van der Waals surface area contributed by atoms with E-state index in [0.717, 1.165) is 6.07 Å². The molecule has 0 bridgehead atoms. The zero-order valence-electron chi connectivity index (χ0n) is 7.52. The van der Waals surface area contributed by atoms with Gasteiger partial charge in [-0.2, -0.15) is 0 Å². The Morgan fingerprint density at radius 3 is 1.92 bits per heavy atom. The molecule has 0 aliphatic carbocycles. The maximum Gasteiger partial charge on any atom is 0.126 e. The minimum Gasteiger partial charge on any atom is -0.207 e. The minimum atomic E-state index is -0.582. The molecule has 13 heavy (non-hydrogen) atoms. The minimum absolute atomic E-state index is 0.155. The van der Waals surface area contributed by atoms with E-state index in [2.05, 4.69) is 0 Å². The van der Waals surface area contributed by atoms with Crippen LogP contribution >= 0.6 is 11.6 Å². The fourth-order valence-corrected chi connectivity index (χ4v) is 1.25. The fourth-order valence-electron chi connectivity index (χ4n) is 1.12. The van der Waals surface area contributed by atoms with Crippen LogP contribution in [-0.2, 0) is 0 Å². The van der Waals surface area contributed by atoms with E-state index >= 15 is 0 Å². The first-order valence-electron chi connectivity index (χ1n) is 4.10. The highest BCUT2D eigenvalue weighted by Crippen LogP contribution is 2.29. The highest BCUT2D eigenvalue weighted by molar-refractivity contribution is 6.20. The van der Waals surface area contributed by atoms with Gasteiger partial charge in [0, 0.05) is 6.07 Å². The average Bonchev–Trinajstić information content (AvgIpc) is 2.01. The molecule has 0 N–H and O–H groups in total. The largest absolute Gasteiger partial charge is 0.207 e. The van der Waals surface area contributed by atoms with Crippen molar-refractivity contribution in [3.05, 3.63) is 35.4 Å². The summed E-state index contributed by atoms with van der Waals surface area (Å²) in [4.78, 5) is 0. The van der Waals surface area contributed by atoms with Crippen LogP contribution in [0.2, 0.25) is 0 Å². The summed E-state index contributed by atoms with van der Waals surface area (Å²) in [7, 11) is 0. The molecule has 1 unspecified atom stereocenters. The summed E-state index contributed by atoms with van der Waals surface area (Å²) >= 11 is 5.95.